The number of hydrogen-bond acceptors (Lipinski definition) is 5. The van der Waals surface area contributed by atoms with Crippen LogP contribution in [0, 0.1) is 0 Å². The molecule has 122 valence electrons. The lowest BCUT2D eigenvalue weighted by atomic mass is 9.87. The second kappa shape index (κ2) is 6.58. The molecule has 5 nitrogen and oxygen atoms in total. The fourth-order valence-corrected chi connectivity index (χ4v) is 2.86. The molecule has 0 spiro atoms. The largest absolute Gasteiger partial charge is 0.507 e. The van der Waals surface area contributed by atoms with Crippen molar-refractivity contribution in [2.24, 2.45) is 5.16 Å². The maximum atomic E-state index is 12.5. The molecule has 0 aliphatic heterocycles. The van der Waals surface area contributed by atoms with Crippen LogP contribution >= 0.6 is 0 Å². The molecule has 0 saturated carbocycles. The Morgan fingerprint density at radius 3 is 2.50 bits per heavy atom. The first-order valence-corrected chi connectivity index (χ1v) is 7.59. The van der Waals surface area contributed by atoms with Crippen molar-refractivity contribution in [1.29, 1.82) is 0 Å². The molecule has 0 saturated heterocycles. The molecule has 0 fully saturated rings. The van der Waals surface area contributed by atoms with Gasteiger partial charge in [0.15, 0.2) is 0 Å². The number of hydrogen-bond donors (Lipinski definition) is 2. The molecular formula is C19H17NO4. The molecule has 2 aromatic carbocycles. The van der Waals surface area contributed by atoms with Crippen molar-refractivity contribution in [3.8, 4) is 5.75 Å². The molecule has 2 N–H and O–H groups in total. The number of aromatic hydroxyl groups is 1. The lowest BCUT2D eigenvalue weighted by Crippen LogP contribution is -2.16. The summed E-state index contributed by atoms with van der Waals surface area (Å²) in [5.41, 5.74) is 1.20. The van der Waals surface area contributed by atoms with Gasteiger partial charge in [-0.25, -0.2) is 4.79 Å². The van der Waals surface area contributed by atoms with Crippen LogP contribution < -0.4 is 5.63 Å². The topological polar surface area (TPSA) is 83.0 Å². The van der Waals surface area contributed by atoms with E-state index in [0.29, 0.717) is 16.7 Å². The van der Waals surface area contributed by atoms with E-state index < -0.39 is 11.5 Å². The Labute approximate surface area is 138 Å². The molecular weight excluding hydrogens is 306 g/mol. The molecule has 0 amide bonds. The first-order chi connectivity index (χ1) is 11.6. The van der Waals surface area contributed by atoms with Gasteiger partial charge in [-0.05, 0) is 24.6 Å². The average Bonchev–Trinajstić information content (AvgIpc) is 2.61. The molecule has 5 heteroatoms. The van der Waals surface area contributed by atoms with Crippen LogP contribution in [0.5, 0.6) is 5.75 Å². The van der Waals surface area contributed by atoms with Gasteiger partial charge < -0.3 is 14.7 Å². The normalized spacial score (nSPS) is 13.1. The number of oxime groups is 1. The zero-order valence-electron chi connectivity index (χ0n) is 13.1. The molecule has 0 aliphatic rings. The van der Waals surface area contributed by atoms with Crippen LogP contribution in [-0.2, 0) is 0 Å². The fourth-order valence-electron chi connectivity index (χ4n) is 2.86. The molecule has 0 bridgehead atoms. The zero-order valence-corrected chi connectivity index (χ0v) is 13.1. The Kier molecular flexibility index (Phi) is 4.33. The first-order valence-electron chi connectivity index (χ1n) is 7.59. The van der Waals surface area contributed by atoms with Crippen LogP contribution in [-0.4, -0.2) is 16.0 Å². The van der Waals surface area contributed by atoms with E-state index >= 15 is 0 Å². The molecule has 24 heavy (non-hydrogen) atoms. The minimum absolute atomic E-state index is 0.0959. The van der Waals surface area contributed by atoms with E-state index in [4.69, 9.17) is 9.62 Å². The van der Waals surface area contributed by atoms with E-state index in [0.717, 1.165) is 5.56 Å². The van der Waals surface area contributed by atoms with Crippen molar-refractivity contribution < 1.29 is 14.7 Å². The summed E-state index contributed by atoms with van der Waals surface area (Å²) in [5, 5.41) is 23.4. The smallest absolute Gasteiger partial charge is 0.343 e. The third-order valence-electron chi connectivity index (χ3n) is 4.04. The lowest BCUT2D eigenvalue weighted by molar-refractivity contribution is 0.317. The summed E-state index contributed by atoms with van der Waals surface area (Å²) in [4.78, 5) is 12.5. The first kappa shape index (κ1) is 15.8. The number of nitrogens with zero attached hydrogens (tertiary/aromatic N) is 1. The molecule has 1 unspecified atom stereocenters. The second-order valence-electron chi connectivity index (χ2n) is 5.65. The Hall–Kier alpha value is -3.08. The SMILES string of the molecule is CC(CC(c1ccccc1)c1c(O)c2ccccc2oc1=O)=NO. The highest BCUT2D eigenvalue weighted by atomic mass is 16.4. The summed E-state index contributed by atoms with van der Waals surface area (Å²) < 4.78 is 5.37. The highest BCUT2D eigenvalue weighted by Gasteiger charge is 2.25. The molecule has 1 atom stereocenters. The standard InChI is InChI=1S/C19H17NO4/c1-12(20-23)11-15(13-7-3-2-4-8-13)17-18(21)14-9-5-6-10-16(14)24-19(17)22/h2-10,15,21,23H,11H2,1H3. The van der Waals surface area contributed by atoms with Crippen molar-refractivity contribution in [3.05, 3.63) is 76.1 Å². The molecule has 3 rings (SSSR count). The summed E-state index contributed by atoms with van der Waals surface area (Å²) in [6.07, 6.45) is 0.289. The molecule has 1 aromatic heterocycles. The van der Waals surface area contributed by atoms with Gasteiger partial charge in [-0.1, -0.05) is 47.6 Å². The summed E-state index contributed by atoms with van der Waals surface area (Å²) in [7, 11) is 0. The Morgan fingerprint density at radius 2 is 1.79 bits per heavy atom. The van der Waals surface area contributed by atoms with Crippen LogP contribution in [0.15, 0.2) is 69.0 Å². The van der Waals surface area contributed by atoms with E-state index in [2.05, 4.69) is 5.16 Å². The second-order valence-corrected chi connectivity index (χ2v) is 5.65. The minimum atomic E-state index is -0.592. The predicted molar refractivity (Wildman–Crippen MR) is 91.9 cm³/mol. The summed E-state index contributed by atoms with van der Waals surface area (Å²) in [5.74, 6) is -0.565. The number of rotatable bonds is 4. The van der Waals surface area contributed by atoms with Gasteiger partial charge >= 0.3 is 5.63 Å². The lowest BCUT2D eigenvalue weighted by Gasteiger charge is -2.18. The van der Waals surface area contributed by atoms with Crippen LogP contribution in [0.1, 0.15) is 30.4 Å². The van der Waals surface area contributed by atoms with Crippen LogP contribution in [0.3, 0.4) is 0 Å². The van der Waals surface area contributed by atoms with Gasteiger partial charge in [-0.2, -0.15) is 0 Å². The maximum Gasteiger partial charge on any atom is 0.343 e. The number of para-hydroxylation sites is 1. The van der Waals surface area contributed by atoms with E-state index in [1.807, 2.05) is 30.3 Å². The third kappa shape index (κ3) is 2.88. The molecule has 0 radical (unpaired) electrons. The van der Waals surface area contributed by atoms with Crippen molar-refractivity contribution in [2.45, 2.75) is 19.3 Å². The summed E-state index contributed by atoms with van der Waals surface area (Å²) >= 11 is 0. The van der Waals surface area contributed by atoms with Gasteiger partial charge in [0.1, 0.15) is 11.3 Å². The van der Waals surface area contributed by atoms with E-state index in [-0.39, 0.29) is 17.7 Å². The average molecular weight is 323 g/mol. The van der Waals surface area contributed by atoms with E-state index in [1.165, 1.54) is 0 Å². The van der Waals surface area contributed by atoms with Crippen molar-refractivity contribution in [1.82, 2.24) is 0 Å². The van der Waals surface area contributed by atoms with E-state index in [1.54, 1.807) is 31.2 Å². The third-order valence-corrected chi connectivity index (χ3v) is 4.04. The van der Waals surface area contributed by atoms with Gasteiger partial charge in [0.25, 0.3) is 0 Å². The predicted octanol–water partition coefficient (Wildman–Crippen LogP) is 3.87. The summed E-state index contributed by atoms with van der Waals surface area (Å²) in [6.45, 7) is 1.66. The maximum absolute atomic E-state index is 12.5. The number of benzene rings is 2. The molecule has 3 aromatic rings. The Morgan fingerprint density at radius 1 is 1.12 bits per heavy atom. The van der Waals surface area contributed by atoms with Crippen molar-refractivity contribution in [2.75, 3.05) is 0 Å². The quantitative estimate of drug-likeness (QED) is 0.330. The van der Waals surface area contributed by atoms with Gasteiger partial charge in [-0.15, -0.1) is 0 Å². The highest BCUT2D eigenvalue weighted by molar-refractivity contribution is 5.86. The minimum Gasteiger partial charge on any atom is -0.507 e. The van der Waals surface area contributed by atoms with Crippen LogP contribution in [0.4, 0.5) is 0 Å². The number of fused-ring (bicyclic) bond motifs is 1. The fraction of sp³-hybridized carbons (Fsp3) is 0.158. The van der Waals surface area contributed by atoms with Gasteiger partial charge in [0.2, 0.25) is 0 Å². The Balaban J connectivity index is 2.25. The molecule has 0 aliphatic carbocycles. The van der Waals surface area contributed by atoms with E-state index in [9.17, 15) is 9.90 Å². The zero-order chi connectivity index (χ0) is 17.1. The van der Waals surface area contributed by atoms with Crippen molar-refractivity contribution >= 4 is 16.7 Å². The van der Waals surface area contributed by atoms with Crippen molar-refractivity contribution in [3.63, 3.8) is 0 Å². The summed E-state index contributed by atoms with van der Waals surface area (Å²) in [6, 6.07) is 16.2. The van der Waals surface area contributed by atoms with Gasteiger partial charge in [0.05, 0.1) is 16.7 Å². The van der Waals surface area contributed by atoms with Gasteiger partial charge in [-0.3, -0.25) is 0 Å². The molecule has 1 heterocycles. The van der Waals surface area contributed by atoms with Crippen LogP contribution in [0.25, 0.3) is 11.0 Å². The Bertz CT molecular complexity index is 944. The highest BCUT2D eigenvalue weighted by Crippen LogP contribution is 2.36. The monoisotopic (exact) mass is 323 g/mol. The van der Waals surface area contributed by atoms with Crippen LogP contribution in [0.2, 0.25) is 0 Å². The van der Waals surface area contributed by atoms with Gasteiger partial charge in [0, 0.05) is 12.3 Å².